The third-order valence-corrected chi connectivity index (χ3v) is 11.9. The summed E-state index contributed by atoms with van der Waals surface area (Å²) in [7, 11) is 4.12. The molecule has 0 aromatic rings. The Kier molecular flexibility index (Phi) is 47.0. The minimum absolute atomic E-state index is 0.00906. The maximum atomic E-state index is 12.8. The van der Waals surface area contributed by atoms with Gasteiger partial charge in [-0.05, 0) is 129 Å². The summed E-state index contributed by atoms with van der Waals surface area (Å²) in [6, 6.07) is 0.163. The Morgan fingerprint density at radius 1 is 0.516 bits per heavy atom. The first-order chi connectivity index (χ1) is 30.3. The van der Waals surface area contributed by atoms with Crippen LogP contribution in [0.15, 0.2) is 46.4 Å². The molecule has 0 aliphatic heterocycles. The molecule has 7 nitrogen and oxygen atoms in total. The molecule has 0 rings (SSSR count). The van der Waals surface area contributed by atoms with Crippen LogP contribution < -0.4 is 15.5 Å². The van der Waals surface area contributed by atoms with Crippen LogP contribution in [0.25, 0.3) is 0 Å². The summed E-state index contributed by atoms with van der Waals surface area (Å²) in [5, 5.41) is 28.7. The molecule has 7 heteroatoms. The average Bonchev–Trinajstić information content (AvgIpc) is 3.24. The highest BCUT2D eigenvalue weighted by Gasteiger charge is 2.09. The summed E-state index contributed by atoms with van der Waals surface area (Å²) in [4.78, 5) is 11.2. The van der Waals surface area contributed by atoms with Crippen molar-refractivity contribution in [1.82, 2.24) is 10.2 Å². The Morgan fingerprint density at radius 3 is 1.52 bits per heavy atom. The van der Waals surface area contributed by atoms with E-state index < -0.39 is 0 Å². The molecule has 0 heterocycles. The molecular weight excluding hydrogens is 765 g/mol. The number of rotatable bonds is 48. The van der Waals surface area contributed by atoms with Crippen molar-refractivity contribution in [2.45, 2.75) is 271 Å². The maximum Gasteiger partial charge on any atom is 0.108 e. The predicted octanol–water partition coefficient (Wildman–Crippen LogP) is 14.1. The van der Waals surface area contributed by atoms with Gasteiger partial charge in [0.2, 0.25) is 0 Å². The standard InChI is InChI=1S/C55H106N4O3/c1-7-10-13-16-25-32-39-48-56-55(62-50-40-33-26-17-14-11-8-2)47-38-31-24-20-22-29-36-44-52(58-54(61)46-41-49-59(5)6)43-35-28-21-19-23-30-37-45-53(60)57-51(4)42-34-27-18-15-12-9-3/h32-34,39-40,42,51-52,55-56H,7-31,35-38,41,43-50H2,1-6H3,(H,57,60)(H,58,61)/p-2/b39-32-,40-33-,42-34-. The second-order valence-corrected chi connectivity index (χ2v) is 18.6. The fourth-order valence-electron chi connectivity index (χ4n) is 7.92. The van der Waals surface area contributed by atoms with E-state index in [-0.39, 0.29) is 30.1 Å². The quantitative estimate of drug-likeness (QED) is 0.0216. The van der Waals surface area contributed by atoms with Crippen molar-refractivity contribution in [2.24, 2.45) is 9.98 Å². The zero-order valence-electron chi connectivity index (χ0n) is 42.1. The van der Waals surface area contributed by atoms with Crippen LogP contribution in [0.1, 0.15) is 252 Å². The lowest BCUT2D eigenvalue weighted by Gasteiger charge is -2.19. The molecular formula is C55H104N4O3-2. The Morgan fingerprint density at radius 2 is 0.968 bits per heavy atom. The third-order valence-electron chi connectivity index (χ3n) is 11.9. The van der Waals surface area contributed by atoms with E-state index >= 15 is 0 Å². The van der Waals surface area contributed by atoms with Crippen molar-refractivity contribution in [3.05, 3.63) is 36.5 Å². The minimum atomic E-state index is -0.00906. The van der Waals surface area contributed by atoms with Gasteiger partial charge in [-0.15, -0.1) is 0 Å². The van der Waals surface area contributed by atoms with Crippen molar-refractivity contribution in [1.29, 1.82) is 0 Å². The monoisotopic (exact) mass is 869 g/mol. The molecule has 0 fully saturated rings. The number of nitrogens with zero attached hydrogens (tertiary/aromatic N) is 3. The number of allylic oxidation sites excluding steroid dienone is 3. The summed E-state index contributed by atoms with van der Waals surface area (Å²) in [6.07, 6.45) is 54.4. The van der Waals surface area contributed by atoms with Crippen LogP contribution in [-0.4, -0.2) is 68.8 Å². The van der Waals surface area contributed by atoms with Gasteiger partial charge in [0.1, 0.15) is 6.23 Å². The molecule has 3 atom stereocenters. The van der Waals surface area contributed by atoms with Gasteiger partial charge in [0.25, 0.3) is 0 Å². The lowest BCUT2D eigenvalue weighted by Crippen LogP contribution is -2.32. The van der Waals surface area contributed by atoms with E-state index in [4.69, 9.17) is 9.73 Å². The highest BCUT2D eigenvalue weighted by atomic mass is 16.5. The van der Waals surface area contributed by atoms with Gasteiger partial charge in [0.15, 0.2) is 0 Å². The summed E-state index contributed by atoms with van der Waals surface area (Å²) >= 11 is 0. The SMILES string of the molecule is CCCCCC/C=C\CNC(CCCCCCCCCC(CCCCCCCCCC([O-])=NC(C)/C=C\CCCCCC)N=C([O-])CCCN(C)C)OC/C=C\CCCCCC. The van der Waals surface area contributed by atoms with Crippen molar-refractivity contribution >= 4 is 11.8 Å². The number of ether oxygens (including phenoxy) is 1. The second kappa shape index (κ2) is 48.5. The Balaban J connectivity index is 4.50. The van der Waals surface area contributed by atoms with Crippen molar-refractivity contribution in [3.63, 3.8) is 0 Å². The first-order valence-corrected chi connectivity index (χ1v) is 26.8. The largest absolute Gasteiger partial charge is 0.862 e. The molecule has 364 valence electrons. The van der Waals surface area contributed by atoms with Crippen LogP contribution in [0.3, 0.4) is 0 Å². The van der Waals surface area contributed by atoms with Crippen LogP contribution in [0.5, 0.6) is 0 Å². The molecule has 0 aliphatic rings. The normalized spacial score (nSPS) is 14.4. The predicted molar refractivity (Wildman–Crippen MR) is 270 cm³/mol. The van der Waals surface area contributed by atoms with Gasteiger partial charge in [-0.2, -0.15) is 0 Å². The van der Waals surface area contributed by atoms with Crippen LogP contribution in [0.4, 0.5) is 0 Å². The Bertz CT molecular complexity index is 1040. The second-order valence-electron chi connectivity index (χ2n) is 18.6. The summed E-state index contributed by atoms with van der Waals surface area (Å²) in [5.74, 6) is 0.149. The molecule has 3 unspecified atom stereocenters. The van der Waals surface area contributed by atoms with Crippen LogP contribution in [0.2, 0.25) is 0 Å². The topological polar surface area (TPSA) is 95.3 Å². The van der Waals surface area contributed by atoms with E-state index in [9.17, 15) is 10.2 Å². The molecule has 0 saturated heterocycles. The van der Waals surface area contributed by atoms with Gasteiger partial charge in [0.05, 0.1) is 12.6 Å². The van der Waals surface area contributed by atoms with Crippen molar-refractivity contribution < 1.29 is 14.9 Å². The summed E-state index contributed by atoms with van der Waals surface area (Å²) in [5.41, 5.74) is 0. The molecule has 0 bridgehead atoms. The number of hydrogen-bond donors (Lipinski definition) is 1. The van der Waals surface area contributed by atoms with E-state index in [1.54, 1.807) is 0 Å². The molecule has 0 spiro atoms. The molecule has 0 aliphatic carbocycles. The fraction of sp³-hybridized carbons (Fsp3) is 0.855. The van der Waals surface area contributed by atoms with Crippen molar-refractivity contribution in [2.75, 3.05) is 33.8 Å². The first kappa shape index (κ1) is 60.0. The smallest absolute Gasteiger partial charge is 0.108 e. The van der Waals surface area contributed by atoms with Gasteiger partial charge in [-0.1, -0.05) is 192 Å². The van der Waals surface area contributed by atoms with Gasteiger partial charge in [-0.25, -0.2) is 0 Å². The lowest BCUT2D eigenvalue weighted by molar-refractivity contribution is -0.220. The highest BCUT2D eigenvalue weighted by molar-refractivity contribution is 5.72. The molecule has 0 amide bonds. The number of aliphatic imine (C=N–C) groups is 2. The average molecular weight is 869 g/mol. The Labute approximate surface area is 386 Å². The number of hydrogen-bond acceptors (Lipinski definition) is 7. The lowest BCUT2D eigenvalue weighted by atomic mass is 10.00. The minimum Gasteiger partial charge on any atom is -0.862 e. The molecule has 0 aromatic heterocycles. The van der Waals surface area contributed by atoms with Gasteiger partial charge in [0, 0.05) is 12.6 Å². The van der Waals surface area contributed by atoms with E-state index in [1.165, 1.54) is 148 Å². The van der Waals surface area contributed by atoms with E-state index in [0.29, 0.717) is 19.4 Å². The highest BCUT2D eigenvalue weighted by Crippen LogP contribution is 2.18. The van der Waals surface area contributed by atoms with Crippen LogP contribution in [0, 0.1) is 0 Å². The van der Waals surface area contributed by atoms with Gasteiger partial charge < -0.3 is 24.8 Å². The first-order valence-electron chi connectivity index (χ1n) is 26.8. The van der Waals surface area contributed by atoms with Gasteiger partial charge >= 0.3 is 0 Å². The zero-order valence-corrected chi connectivity index (χ0v) is 42.1. The van der Waals surface area contributed by atoms with Crippen molar-refractivity contribution in [3.8, 4) is 0 Å². The molecule has 62 heavy (non-hydrogen) atoms. The maximum absolute atomic E-state index is 12.8. The molecule has 0 radical (unpaired) electrons. The number of nitrogens with one attached hydrogen (secondary N) is 1. The van der Waals surface area contributed by atoms with Crippen LogP contribution >= 0.6 is 0 Å². The summed E-state index contributed by atoms with van der Waals surface area (Å²) in [6.45, 7) is 11.3. The summed E-state index contributed by atoms with van der Waals surface area (Å²) < 4.78 is 6.28. The fourth-order valence-corrected chi connectivity index (χ4v) is 7.92. The van der Waals surface area contributed by atoms with E-state index in [0.717, 1.165) is 77.3 Å². The molecule has 0 aromatic carbocycles. The number of unbranched alkanes of at least 4 members (excludes halogenated alkanes) is 24. The third kappa shape index (κ3) is 46.0. The van der Waals surface area contributed by atoms with E-state index in [1.807, 2.05) is 6.92 Å². The zero-order chi connectivity index (χ0) is 45.4. The van der Waals surface area contributed by atoms with E-state index in [2.05, 4.69) is 86.5 Å². The Hall–Kier alpha value is -1.96. The van der Waals surface area contributed by atoms with Gasteiger partial charge in [-0.3, -0.25) is 10.3 Å². The molecule has 0 saturated carbocycles. The van der Waals surface area contributed by atoms with Crippen LogP contribution in [-0.2, 0) is 4.74 Å². The molecule has 1 N–H and O–H groups in total.